The predicted octanol–water partition coefficient (Wildman–Crippen LogP) is 6.28. The summed E-state index contributed by atoms with van der Waals surface area (Å²) in [6, 6.07) is 2.31. The number of allylic oxidation sites excluding steroid dienone is 3. The first-order valence-corrected chi connectivity index (χ1v) is 11.8. The molecule has 4 aliphatic rings. The van der Waals surface area contributed by atoms with Crippen molar-refractivity contribution in [2.45, 2.75) is 78.7 Å². The molecule has 5 rings (SSSR count). The zero-order chi connectivity index (χ0) is 21.1. The first-order chi connectivity index (χ1) is 14.3. The van der Waals surface area contributed by atoms with Crippen LogP contribution in [0.1, 0.15) is 76.8 Å². The molecule has 0 saturated heterocycles. The fourth-order valence-corrected chi connectivity index (χ4v) is 7.68. The second-order valence-corrected chi connectivity index (χ2v) is 10.8. The summed E-state index contributed by atoms with van der Waals surface area (Å²) in [7, 11) is 0. The molecule has 1 aromatic rings. The van der Waals surface area contributed by atoms with E-state index in [2.05, 4.69) is 50.2 Å². The maximum absolute atomic E-state index is 11.5. The minimum Gasteiger partial charge on any atom is -0.462 e. The third-order valence-electron chi connectivity index (χ3n) is 9.16. The second-order valence-electron chi connectivity index (χ2n) is 10.8. The van der Waals surface area contributed by atoms with E-state index in [0.717, 1.165) is 37.0 Å². The number of hydrogen-bond acceptors (Lipinski definition) is 3. The quantitative estimate of drug-likeness (QED) is 0.429. The highest BCUT2D eigenvalue weighted by Gasteiger charge is 2.57. The summed E-state index contributed by atoms with van der Waals surface area (Å²) in [5.74, 6) is 2.11. The van der Waals surface area contributed by atoms with Crippen LogP contribution in [0, 0.1) is 35.5 Å². The van der Waals surface area contributed by atoms with Crippen LogP contribution in [0.15, 0.2) is 36.2 Å². The molecule has 0 aromatic carbocycles. The third-order valence-corrected chi connectivity index (χ3v) is 9.16. The van der Waals surface area contributed by atoms with Crippen molar-refractivity contribution in [3.8, 4) is 0 Å². The Labute approximate surface area is 181 Å². The number of fused-ring (bicyclic) bond motifs is 5. The average Bonchev–Trinajstić information content (AvgIpc) is 3.05. The number of nitrogens with zero attached hydrogens (tertiary/aromatic N) is 1. The molecule has 0 radical (unpaired) electrons. The van der Waals surface area contributed by atoms with Gasteiger partial charge in [0, 0.05) is 25.7 Å². The molecule has 0 N–H and O–H groups in total. The van der Waals surface area contributed by atoms with Crippen molar-refractivity contribution in [2.75, 3.05) is 0 Å². The molecular weight excluding hydrogens is 370 g/mol. The van der Waals surface area contributed by atoms with Crippen molar-refractivity contribution in [3.63, 3.8) is 0 Å². The normalized spacial score (nSPS) is 39.9. The molecule has 2 fully saturated rings. The van der Waals surface area contributed by atoms with E-state index in [4.69, 9.17) is 4.74 Å². The van der Waals surface area contributed by atoms with Crippen LogP contribution in [0.4, 0.5) is 0 Å². The van der Waals surface area contributed by atoms with E-state index in [0.29, 0.717) is 0 Å². The maximum atomic E-state index is 11.5. The van der Waals surface area contributed by atoms with Gasteiger partial charge in [-0.25, -0.2) is 0 Å². The summed E-state index contributed by atoms with van der Waals surface area (Å²) in [5.41, 5.74) is 6.25. The van der Waals surface area contributed by atoms with Gasteiger partial charge in [-0.2, -0.15) is 0 Å². The molecule has 1 aromatic heterocycles. The van der Waals surface area contributed by atoms with Gasteiger partial charge in [0.1, 0.15) is 6.10 Å². The van der Waals surface area contributed by atoms with Gasteiger partial charge in [-0.15, -0.1) is 0 Å². The Morgan fingerprint density at radius 2 is 1.87 bits per heavy atom. The molecule has 1 heterocycles. The Balaban J connectivity index is 1.41. The van der Waals surface area contributed by atoms with Gasteiger partial charge < -0.3 is 4.74 Å². The Bertz CT molecular complexity index is 931. The summed E-state index contributed by atoms with van der Waals surface area (Å²) in [4.78, 5) is 15.9. The lowest BCUT2D eigenvalue weighted by molar-refractivity contribution is -0.148. The highest BCUT2D eigenvalue weighted by atomic mass is 16.5. The molecule has 0 unspecified atom stereocenters. The van der Waals surface area contributed by atoms with E-state index in [1.165, 1.54) is 43.7 Å². The van der Waals surface area contributed by atoms with Crippen molar-refractivity contribution < 1.29 is 9.53 Å². The summed E-state index contributed by atoms with van der Waals surface area (Å²) in [6.45, 7) is 8.71. The largest absolute Gasteiger partial charge is 0.462 e. The van der Waals surface area contributed by atoms with Crippen LogP contribution < -0.4 is 0 Å². The fraction of sp³-hybridized carbons (Fsp3) is 0.630. The van der Waals surface area contributed by atoms with Gasteiger partial charge in [0.15, 0.2) is 0 Å². The van der Waals surface area contributed by atoms with Gasteiger partial charge in [-0.05, 0) is 96.8 Å². The summed E-state index contributed by atoms with van der Waals surface area (Å²) in [5, 5.41) is 0. The number of ether oxygens (including phenoxy) is 1. The van der Waals surface area contributed by atoms with Crippen LogP contribution in [-0.2, 0) is 9.53 Å². The number of carbonyl (C=O) groups excluding carboxylic acids is 1. The maximum Gasteiger partial charge on any atom is 0.302 e. The van der Waals surface area contributed by atoms with Gasteiger partial charge in [0.2, 0.25) is 0 Å². The van der Waals surface area contributed by atoms with E-state index in [9.17, 15) is 4.79 Å². The zero-order valence-electron chi connectivity index (χ0n) is 18.9. The molecule has 0 bridgehead atoms. The van der Waals surface area contributed by atoms with E-state index < -0.39 is 0 Å². The monoisotopic (exact) mass is 405 g/mol. The lowest BCUT2D eigenvalue weighted by atomic mass is 9.47. The first-order valence-electron chi connectivity index (χ1n) is 11.8. The van der Waals surface area contributed by atoms with Crippen LogP contribution in [0.25, 0.3) is 5.57 Å². The molecule has 0 aliphatic heterocycles. The van der Waals surface area contributed by atoms with E-state index >= 15 is 0 Å². The first kappa shape index (κ1) is 20.0. The van der Waals surface area contributed by atoms with E-state index in [-0.39, 0.29) is 22.9 Å². The molecule has 160 valence electrons. The van der Waals surface area contributed by atoms with Gasteiger partial charge in [-0.1, -0.05) is 31.6 Å². The van der Waals surface area contributed by atoms with Crippen LogP contribution in [0.3, 0.4) is 0 Å². The standard InChI is InChI=1S/C27H35NO2/c1-17-13-19(16-28-15-17)23-7-8-24-22-6-5-20-14-21(30-18(2)29)9-11-26(20,3)25(22)10-12-27(23,24)4/h5,7,13,15-16,21-22,24-25H,6,8-12,14H2,1-4H3/t21-,22-,24-,25-,26-,27+/m0/s1. The highest BCUT2D eigenvalue weighted by Crippen LogP contribution is 2.66. The molecule has 3 nitrogen and oxygen atoms in total. The van der Waals surface area contributed by atoms with E-state index in [1.807, 2.05) is 6.20 Å². The molecule has 4 aliphatic carbocycles. The number of hydrogen-bond donors (Lipinski definition) is 0. The van der Waals surface area contributed by atoms with Crippen molar-refractivity contribution in [3.05, 3.63) is 47.3 Å². The van der Waals surface area contributed by atoms with Crippen LogP contribution in [0.5, 0.6) is 0 Å². The van der Waals surface area contributed by atoms with E-state index in [1.54, 1.807) is 11.1 Å². The summed E-state index contributed by atoms with van der Waals surface area (Å²) in [6.07, 6.45) is 17.3. The Morgan fingerprint density at radius 3 is 2.63 bits per heavy atom. The number of carbonyl (C=O) groups is 1. The molecule has 0 amide bonds. The minimum absolute atomic E-state index is 0.0841. The van der Waals surface area contributed by atoms with Gasteiger partial charge in [0.05, 0.1) is 0 Å². The SMILES string of the molecule is CC(=O)O[C@H]1CC[C@@]2(C)C(=CC[C@@H]3[C@@H]2CC[C@]2(C)C(c4cncc(C)c4)=CC[C@@H]32)C1. The summed E-state index contributed by atoms with van der Waals surface area (Å²) < 4.78 is 5.59. The number of aromatic nitrogens is 1. The fourth-order valence-electron chi connectivity index (χ4n) is 7.68. The molecule has 0 spiro atoms. The molecule has 2 saturated carbocycles. The van der Waals surface area contributed by atoms with Crippen LogP contribution in [-0.4, -0.2) is 17.1 Å². The topological polar surface area (TPSA) is 39.2 Å². The zero-order valence-corrected chi connectivity index (χ0v) is 18.9. The number of aryl methyl sites for hydroxylation is 1. The van der Waals surface area contributed by atoms with Crippen LogP contribution in [0.2, 0.25) is 0 Å². The minimum atomic E-state index is -0.137. The number of rotatable bonds is 2. The van der Waals surface area contributed by atoms with Gasteiger partial charge in [-0.3, -0.25) is 9.78 Å². The number of pyridine rings is 1. The van der Waals surface area contributed by atoms with Gasteiger partial charge in [0.25, 0.3) is 0 Å². The Morgan fingerprint density at radius 1 is 1.07 bits per heavy atom. The Kier molecular flexibility index (Phi) is 4.72. The summed E-state index contributed by atoms with van der Waals surface area (Å²) >= 11 is 0. The van der Waals surface area contributed by atoms with Crippen molar-refractivity contribution >= 4 is 11.5 Å². The smallest absolute Gasteiger partial charge is 0.302 e. The predicted molar refractivity (Wildman–Crippen MR) is 120 cm³/mol. The van der Waals surface area contributed by atoms with Gasteiger partial charge >= 0.3 is 5.97 Å². The number of esters is 1. The lowest BCUT2D eigenvalue weighted by Crippen LogP contribution is -2.50. The van der Waals surface area contributed by atoms with Crippen molar-refractivity contribution in [1.29, 1.82) is 0 Å². The highest BCUT2D eigenvalue weighted by molar-refractivity contribution is 5.72. The molecule has 6 atom stereocenters. The van der Waals surface area contributed by atoms with Crippen molar-refractivity contribution in [1.82, 2.24) is 4.98 Å². The Hall–Kier alpha value is -1.90. The average molecular weight is 406 g/mol. The molecular formula is C27H35NO2. The van der Waals surface area contributed by atoms with Crippen LogP contribution >= 0.6 is 0 Å². The second kappa shape index (κ2) is 7.07. The van der Waals surface area contributed by atoms with Crippen molar-refractivity contribution in [2.24, 2.45) is 28.6 Å². The molecule has 30 heavy (non-hydrogen) atoms. The molecule has 3 heteroatoms. The third kappa shape index (κ3) is 2.99. The lowest BCUT2D eigenvalue weighted by Gasteiger charge is -2.57.